The summed E-state index contributed by atoms with van der Waals surface area (Å²) in [4.78, 5) is 15.0. The first-order chi connectivity index (χ1) is 15.1. The Kier molecular flexibility index (Phi) is 4.89. The Labute approximate surface area is 177 Å². The zero-order valence-electron chi connectivity index (χ0n) is 17.0. The average molecular weight is 420 g/mol. The van der Waals surface area contributed by atoms with Gasteiger partial charge in [-0.3, -0.25) is 9.89 Å². The number of halogens is 1. The first kappa shape index (κ1) is 19.3. The van der Waals surface area contributed by atoms with E-state index in [0.717, 1.165) is 35.2 Å². The van der Waals surface area contributed by atoms with Gasteiger partial charge in [0.15, 0.2) is 5.58 Å². The summed E-state index contributed by atoms with van der Waals surface area (Å²) < 4.78 is 23.9. The van der Waals surface area contributed by atoms with E-state index in [9.17, 15) is 9.18 Å². The minimum Gasteiger partial charge on any atom is -0.497 e. The van der Waals surface area contributed by atoms with Crippen LogP contribution in [-0.4, -0.2) is 46.4 Å². The summed E-state index contributed by atoms with van der Waals surface area (Å²) in [6.45, 7) is 1.21. The number of H-pyrrole nitrogens is 1. The third-order valence-corrected chi connectivity index (χ3v) is 5.88. The molecule has 2 aromatic carbocycles. The molecule has 0 radical (unpaired) electrons. The van der Waals surface area contributed by atoms with Crippen molar-refractivity contribution in [3.05, 3.63) is 65.7 Å². The molecule has 158 valence electrons. The van der Waals surface area contributed by atoms with Crippen molar-refractivity contribution in [2.45, 2.75) is 18.8 Å². The smallest absolute Gasteiger partial charge is 0.257 e. The number of aromatic nitrogens is 3. The van der Waals surface area contributed by atoms with Gasteiger partial charge >= 0.3 is 0 Å². The SMILES string of the molecule is COc1ccc(-c2[nH]ncc2C(=O)N2CCC(c3noc4cc(F)ccc34)CC2)cc1. The third kappa shape index (κ3) is 3.54. The van der Waals surface area contributed by atoms with Crippen LogP contribution in [0.1, 0.15) is 34.8 Å². The molecule has 4 aromatic rings. The Morgan fingerprint density at radius 1 is 1.19 bits per heavy atom. The first-order valence-corrected chi connectivity index (χ1v) is 10.2. The number of aromatic amines is 1. The summed E-state index contributed by atoms with van der Waals surface area (Å²) in [7, 11) is 1.62. The molecule has 7 nitrogen and oxygen atoms in total. The highest BCUT2D eigenvalue weighted by atomic mass is 19.1. The normalized spacial score (nSPS) is 14.8. The maximum Gasteiger partial charge on any atom is 0.257 e. The molecule has 0 bridgehead atoms. The maximum absolute atomic E-state index is 13.4. The molecule has 0 aliphatic carbocycles. The Morgan fingerprint density at radius 2 is 1.97 bits per heavy atom. The molecule has 31 heavy (non-hydrogen) atoms. The topological polar surface area (TPSA) is 84.2 Å². The van der Waals surface area contributed by atoms with Crippen molar-refractivity contribution in [1.82, 2.24) is 20.3 Å². The second kappa shape index (κ2) is 7.86. The molecule has 0 saturated carbocycles. The lowest BCUT2D eigenvalue weighted by molar-refractivity contribution is 0.0712. The number of fused-ring (bicyclic) bond motifs is 1. The Bertz CT molecular complexity index is 1220. The number of rotatable bonds is 4. The number of piperidine rings is 1. The molecular weight excluding hydrogens is 399 g/mol. The van der Waals surface area contributed by atoms with Crippen molar-refractivity contribution in [3.63, 3.8) is 0 Å². The Balaban J connectivity index is 1.31. The highest BCUT2D eigenvalue weighted by Gasteiger charge is 2.29. The van der Waals surface area contributed by atoms with E-state index in [-0.39, 0.29) is 17.6 Å². The van der Waals surface area contributed by atoms with Crippen LogP contribution in [0.15, 0.2) is 53.2 Å². The lowest BCUT2D eigenvalue weighted by atomic mass is 9.91. The van der Waals surface area contributed by atoms with Gasteiger partial charge in [0, 0.05) is 36.0 Å². The number of hydrogen-bond donors (Lipinski definition) is 1. The number of likely N-dealkylation sites (tertiary alicyclic amines) is 1. The van der Waals surface area contributed by atoms with Gasteiger partial charge in [-0.05, 0) is 49.2 Å². The summed E-state index contributed by atoms with van der Waals surface area (Å²) in [5.41, 5.74) is 3.41. The number of ether oxygens (including phenoxy) is 1. The molecule has 5 rings (SSSR count). The molecule has 1 saturated heterocycles. The first-order valence-electron chi connectivity index (χ1n) is 10.2. The number of carbonyl (C=O) groups excluding carboxylic acids is 1. The lowest BCUT2D eigenvalue weighted by Gasteiger charge is -2.31. The number of carbonyl (C=O) groups is 1. The highest BCUT2D eigenvalue weighted by molar-refractivity contribution is 5.99. The van der Waals surface area contributed by atoms with Crippen LogP contribution in [0.3, 0.4) is 0 Å². The van der Waals surface area contributed by atoms with Gasteiger partial charge in [0.25, 0.3) is 5.91 Å². The molecule has 1 N–H and O–H groups in total. The van der Waals surface area contributed by atoms with Gasteiger partial charge in [0.1, 0.15) is 11.6 Å². The highest BCUT2D eigenvalue weighted by Crippen LogP contribution is 2.34. The van der Waals surface area contributed by atoms with Crippen molar-refractivity contribution < 1.29 is 18.4 Å². The number of benzene rings is 2. The molecular formula is C23H21FN4O3. The van der Waals surface area contributed by atoms with Crippen molar-refractivity contribution in [2.24, 2.45) is 0 Å². The van der Waals surface area contributed by atoms with E-state index < -0.39 is 0 Å². The van der Waals surface area contributed by atoms with E-state index in [2.05, 4.69) is 15.4 Å². The fraction of sp³-hybridized carbons (Fsp3) is 0.261. The van der Waals surface area contributed by atoms with Gasteiger partial charge in [0.2, 0.25) is 0 Å². The van der Waals surface area contributed by atoms with Gasteiger partial charge in [-0.25, -0.2) is 4.39 Å². The second-order valence-corrected chi connectivity index (χ2v) is 7.66. The second-order valence-electron chi connectivity index (χ2n) is 7.66. The summed E-state index contributed by atoms with van der Waals surface area (Å²) in [5.74, 6) is 0.524. The van der Waals surface area contributed by atoms with E-state index in [1.165, 1.54) is 12.1 Å². The quantitative estimate of drug-likeness (QED) is 0.530. The van der Waals surface area contributed by atoms with Crippen molar-refractivity contribution >= 4 is 16.9 Å². The van der Waals surface area contributed by atoms with Crippen LogP contribution in [-0.2, 0) is 0 Å². The number of nitrogens with zero attached hydrogens (tertiary/aromatic N) is 3. The number of hydrogen-bond acceptors (Lipinski definition) is 5. The van der Waals surface area contributed by atoms with Crippen molar-refractivity contribution in [3.8, 4) is 17.0 Å². The molecule has 0 atom stereocenters. The number of amides is 1. The Hall–Kier alpha value is -3.68. The molecule has 2 aromatic heterocycles. The van der Waals surface area contributed by atoms with E-state index >= 15 is 0 Å². The van der Waals surface area contributed by atoms with Gasteiger partial charge in [-0.1, -0.05) is 5.16 Å². The van der Waals surface area contributed by atoms with Gasteiger partial charge in [-0.15, -0.1) is 0 Å². The number of nitrogens with one attached hydrogen (secondary N) is 1. The molecule has 0 unspecified atom stereocenters. The molecule has 8 heteroatoms. The van der Waals surface area contributed by atoms with Crippen molar-refractivity contribution in [2.75, 3.05) is 20.2 Å². The molecule has 1 aliphatic rings. The van der Waals surface area contributed by atoms with E-state index in [1.54, 1.807) is 19.4 Å². The van der Waals surface area contributed by atoms with E-state index in [1.807, 2.05) is 29.2 Å². The summed E-state index contributed by atoms with van der Waals surface area (Å²) in [6.07, 6.45) is 3.11. The fourth-order valence-corrected chi connectivity index (χ4v) is 4.18. The van der Waals surface area contributed by atoms with Gasteiger partial charge in [0.05, 0.1) is 30.3 Å². The zero-order chi connectivity index (χ0) is 21.4. The van der Waals surface area contributed by atoms with Crippen LogP contribution < -0.4 is 4.74 Å². The van der Waals surface area contributed by atoms with Crippen LogP contribution in [0.5, 0.6) is 5.75 Å². The van der Waals surface area contributed by atoms with Crippen molar-refractivity contribution in [1.29, 1.82) is 0 Å². The molecule has 1 amide bonds. The minimum atomic E-state index is -0.344. The summed E-state index contributed by atoms with van der Waals surface area (Å²) >= 11 is 0. The zero-order valence-corrected chi connectivity index (χ0v) is 17.0. The largest absolute Gasteiger partial charge is 0.497 e. The standard InChI is InChI=1S/C23H21FN4O3/c1-30-17-5-2-14(3-6-17)21-19(13-25-26-21)23(29)28-10-8-15(9-11-28)22-18-7-4-16(24)12-20(18)31-27-22/h2-7,12-13,15H,8-11H2,1H3,(H,25,26). The van der Waals surface area contributed by atoms with E-state index in [4.69, 9.17) is 9.26 Å². The minimum absolute atomic E-state index is 0.0508. The summed E-state index contributed by atoms with van der Waals surface area (Å²) in [5, 5.41) is 12.1. The fourth-order valence-electron chi connectivity index (χ4n) is 4.18. The van der Waals surface area contributed by atoms with Crippen LogP contribution in [0.2, 0.25) is 0 Å². The predicted molar refractivity (Wildman–Crippen MR) is 112 cm³/mol. The van der Waals surface area contributed by atoms with Crippen LogP contribution in [0.4, 0.5) is 4.39 Å². The van der Waals surface area contributed by atoms with E-state index in [0.29, 0.717) is 29.9 Å². The molecule has 1 fully saturated rings. The average Bonchev–Trinajstić information content (AvgIpc) is 3.46. The predicted octanol–water partition coefficient (Wildman–Crippen LogP) is 4.39. The number of methoxy groups -OCH3 is 1. The molecule has 0 spiro atoms. The van der Waals surface area contributed by atoms with Gasteiger partial charge in [-0.2, -0.15) is 5.10 Å². The monoisotopic (exact) mass is 420 g/mol. The van der Waals surface area contributed by atoms with Crippen LogP contribution in [0, 0.1) is 5.82 Å². The molecule has 3 heterocycles. The maximum atomic E-state index is 13.4. The summed E-state index contributed by atoms with van der Waals surface area (Å²) in [6, 6.07) is 12.0. The molecule has 1 aliphatic heterocycles. The lowest BCUT2D eigenvalue weighted by Crippen LogP contribution is -2.38. The van der Waals surface area contributed by atoms with Gasteiger partial charge < -0.3 is 14.2 Å². The Morgan fingerprint density at radius 3 is 2.71 bits per heavy atom. The van der Waals surface area contributed by atoms with Crippen LogP contribution >= 0.6 is 0 Å². The van der Waals surface area contributed by atoms with Crippen LogP contribution in [0.25, 0.3) is 22.2 Å². The third-order valence-electron chi connectivity index (χ3n) is 5.88.